The Morgan fingerprint density at radius 1 is 1.24 bits per heavy atom. The van der Waals surface area contributed by atoms with E-state index in [-0.39, 0.29) is 11.6 Å². The minimum Gasteiger partial charge on any atom is -0.298 e. The first-order valence-corrected chi connectivity index (χ1v) is 8.42. The Kier molecular flexibility index (Phi) is 4.78. The average Bonchev–Trinajstić information content (AvgIpc) is 2.95. The minimum absolute atomic E-state index is 0.0649. The van der Waals surface area contributed by atoms with E-state index in [9.17, 15) is 14.9 Å². The third-order valence-electron chi connectivity index (χ3n) is 3.46. The number of non-ortho nitro benzene ring substituents is 1. The van der Waals surface area contributed by atoms with Crippen LogP contribution in [-0.2, 0) is 0 Å². The van der Waals surface area contributed by atoms with E-state index in [1.807, 2.05) is 25.1 Å². The van der Waals surface area contributed by atoms with Crippen molar-refractivity contribution in [2.45, 2.75) is 6.92 Å². The van der Waals surface area contributed by atoms with Crippen LogP contribution in [0.15, 0.2) is 48.5 Å². The van der Waals surface area contributed by atoms with Crippen LogP contribution in [0, 0.1) is 17.0 Å². The van der Waals surface area contributed by atoms with Crippen molar-refractivity contribution < 1.29 is 9.72 Å². The van der Waals surface area contributed by atoms with Gasteiger partial charge in [-0.25, -0.2) is 4.98 Å². The smallest absolute Gasteiger partial charge is 0.269 e. The van der Waals surface area contributed by atoms with Gasteiger partial charge in [0.15, 0.2) is 5.13 Å². The van der Waals surface area contributed by atoms with Crippen LogP contribution in [0.3, 0.4) is 0 Å². The summed E-state index contributed by atoms with van der Waals surface area (Å²) < 4.78 is 0. The molecule has 0 fully saturated rings. The molecular weight excluding hydrogens is 362 g/mol. The molecule has 25 heavy (non-hydrogen) atoms. The number of nitro benzene ring substituents is 1. The van der Waals surface area contributed by atoms with Gasteiger partial charge in [-0.3, -0.25) is 20.2 Å². The molecule has 0 aliphatic rings. The lowest BCUT2D eigenvalue weighted by Gasteiger charge is -2.01. The molecule has 1 aromatic heterocycles. The zero-order valence-electron chi connectivity index (χ0n) is 13.0. The molecule has 0 saturated carbocycles. The number of hydrogen-bond donors (Lipinski definition) is 1. The van der Waals surface area contributed by atoms with E-state index in [1.54, 1.807) is 6.07 Å². The number of aryl methyl sites for hydroxylation is 1. The highest BCUT2D eigenvalue weighted by molar-refractivity contribution is 7.16. The van der Waals surface area contributed by atoms with Gasteiger partial charge in [-0.15, -0.1) is 11.3 Å². The molecule has 1 N–H and O–H groups in total. The molecule has 0 radical (unpaired) electrons. The van der Waals surface area contributed by atoms with Crippen LogP contribution >= 0.6 is 22.9 Å². The highest BCUT2D eigenvalue weighted by Gasteiger charge is 2.14. The first kappa shape index (κ1) is 17.1. The summed E-state index contributed by atoms with van der Waals surface area (Å²) in [6.07, 6.45) is 0. The molecule has 3 rings (SSSR count). The topological polar surface area (TPSA) is 85.1 Å². The number of amides is 1. The Labute approximate surface area is 152 Å². The summed E-state index contributed by atoms with van der Waals surface area (Å²) >= 11 is 7.36. The number of carbonyl (C=O) groups is 1. The highest BCUT2D eigenvalue weighted by atomic mass is 35.5. The van der Waals surface area contributed by atoms with Gasteiger partial charge >= 0.3 is 0 Å². The van der Waals surface area contributed by atoms with Gasteiger partial charge in [0.05, 0.1) is 10.6 Å². The van der Waals surface area contributed by atoms with Crippen molar-refractivity contribution in [1.29, 1.82) is 0 Å². The van der Waals surface area contributed by atoms with Crippen molar-refractivity contribution in [3.05, 3.63) is 74.1 Å². The average molecular weight is 374 g/mol. The number of nitro groups is 1. The number of anilines is 1. The number of rotatable bonds is 4. The van der Waals surface area contributed by atoms with E-state index in [0.29, 0.717) is 15.7 Å². The summed E-state index contributed by atoms with van der Waals surface area (Å²) in [6, 6.07) is 12.7. The molecule has 1 heterocycles. The number of thiazole rings is 1. The van der Waals surface area contributed by atoms with Gasteiger partial charge in [-0.05, 0) is 31.2 Å². The summed E-state index contributed by atoms with van der Waals surface area (Å²) in [7, 11) is 0. The van der Waals surface area contributed by atoms with Crippen LogP contribution in [0.4, 0.5) is 10.8 Å². The van der Waals surface area contributed by atoms with Gasteiger partial charge in [0.2, 0.25) is 0 Å². The van der Waals surface area contributed by atoms with Crippen molar-refractivity contribution in [3.63, 3.8) is 0 Å². The van der Waals surface area contributed by atoms with E-state index >= 15 is 0 Å². The maximum absolute atomic E-state index is 12.3. The molecule has 0 saturated heterocycles. The second-order valence-electron chi connectivity index (χ2n) is 5.19. The molecule has 0 aliphatic heterocycles. The summed E-state index contributed by atoms with van der Waals surface area (Å²) in [4.78, 5) is 27.8. The quantitative estimate of drug-likeness (QED) is 0.518. The predicted molar refractivity (Wildman–Crippen MR) is 98.3 cm³/mol. The van der Waals surface area contributed by atoms with Crippen molar-refractivity contribution in [1.82, 2.24) is 4.98 Å². The van der Waals surface area contributed by atoms with E-state index in [1.165, 1.54) is 35.6 Å². The summed E-state index contributed by atoms with van der Waals surface area (Å²) in [5.74, 6) is -0.374. The van der Waals surface area contributed by atoms with Crippen molar-refractivity contribution in [3.8, 4) is 11.3 Å². The van der Waals surface area contributed by atoms with Crippen LogP contribution in [0.1, 0.15) is 15.2 Å². The molecule has 3 aromatic rings. The third kappa shape index (κ3) is 3.84. The molecule has 8 heteroatoms. The number of carbonyl (C=O) groups excluding carboxylic acids is 1. The first-order valence-electron chi connectivity index (χ1n) is 7.23. The molecular formula is C17H12ClN3O3S. The van der Waals surface area contributed by atoms with Gasteiger partial charge in [-0.1, -0.05) is 23.7 Å². The number of halogens is 1. The molecule has 0 aliphatic carbocycles. The lowest BCUT2D eigenvalue weighted by Crippen LogP contribution is -2.11. The van der Waals surface area contributed by atoms with E-state index in [2.05, 4.69) is 10.3 Å². The summed E-state index contributed by atoms with van der Waals surface area (Å²) in [6.45, 7) is 1.91. The number of hydrogen-bond acceptors (Lipinski definition) is 5. The Morgan fingerprint density at radius 2 is 1.96 bits per heavy atom. The van der Waals surface area contributed by atoms with Crippen LogP contribution in [0.5, 0.6) is 0 Å². The lowest BCUT2D eigenvalue weighted by atomic mass is 10.1. The fraction of sp³-hybridized carbons (Fsp3) is 0.0588. The van der Waals surface area contributed by atoms with Gasteiger partial charge < -0.3 is 0 Å². The molecule has 2 aromatic carbocycles. The Bertz CT molecular complexity index is 954. The minimum atomic E-state index is -0.511. The Morgan fingerprint density at radius 3 is 2.60 bits per heavy atom. The van der Waals surface area contributed by atoms with E-state index in [0.717, 1.165) is 16.1 Å². The van der Waals surface area contributed by atoms with Gasteiger partial charge in [-0.2, -0.15) is 0 Å². The Balaban J connectivity index is 1.80. The molecule has 0 bridgehead atoms. The fourth-order valence-electron chi connectivity index (χ4n) is 2.26. The number of nitrogens with zero attached hydrogens (tertiary/aromatic N) is 2. The van der Waals surface area contributed by atoms with E-state index in [4.69, 9.17) is 11.6 Å². The number of benzene rings is 2. The van der Waals surface area contributed by atoms with Gasteiger partial charge in [0.25, 0.3) is 11.6 Å². The second kappa shape index (κ2) is 7.00. The molecule has 0 atom stereocenters. The van der Waals surface area contributed by atoms with E-state index < -0.39 is 4.92 Å². The number of nitrogens with one attached hydrogen (secondary N) is 1. The normalized spacial score (nSPS) is 10.5. The van der Waals surface area contributed by atoms with Crippen LogP contribution < -0.4 is 5.32 Å². The Hall–Kier alpha value is -2.77. The summed E-state index contributed by atoms with van der Waals surface area (Å²) in [5.41, 5.74) is 1.89. The SMILES string of the molecule is Cc1sc(NC(=O)c2ccc([N+](=O)[O-])cc2)nc1-c1cccc(Cl)c1. The highest BCUT2D eigenvalue weighted by Crippen LogP contribution is 2.31. The second-order valence-corrected chi connectivity index (χ2v) is 6.83. The molecule has 0 spiro atoms. The largest absolute Gasteiger partial charge is 0.298 e. The molecule has 6 nitrogen and oxygen atoms in total. The fourth-order valence-corrected chi connectivity index (χ4v) is 3.28. The van der Waals surface area contributed by atoms with Crippen molar-refractivity contribution in [2.75, 3.05) is 5.32 Å². The van der Waals surface area contributed by atoms with Gasteiger partial charge in [0, 0.05) is 33.2 Å². The molecule has 126 valence electrons. The standard InChI is InChI=1S/C17H12ClN3O3S/c1-10-15(12-3-2-4-13(18)9-12)19-17(25-10)20-16(22)11-5-7-14(8-6-11)21(23)24/h2-9H,1H3,(H,19,20,22). The van der Waals surface area contributed by atoms with Crippen molar-refractivity contribution in [2.24, 2.45) is 0 Å². The van der Waals surface area contributed by atoms with Gasteiger partial charge in [0.1, 0.15) is 0 Å². The first-order chi connectivity index (χ1) is 11.9. The number of aromatic nitrogens is 1. The summed E-state index contributed by atoms with van der Waals surface area (Å²) in [5, 5.41) is 14.4. The van der Waals surface area contributed by atoms with Crippen LogP contribution in [0.25, 0.3) is 11.3 Å². The monoisotopic (exact) mass is 373 g/mol. The zero-order valence-corrected chi connectivity index (χ0v) is 14.6. The molecule has 1 amide bonds. The predicted octanol–water partition coefficient (Wildman–Crippen LogP) is 4.93. The molecule has 0 unspecified atom stereocenters. The zero-order chi connectivity index (χ0) is 18.0. The van der Waals surface area contributed by atoms with Crippen molar-refractivity contribution >= 4 is 39.7 Å². The maximum Gasteiger partial charge on any atom is 0.269 e. The van der Waals surface area contributed by atoms with Crippen LogP contribution in [-0.4, -0.2) is 15.8 Å². The van der Waals surface area contributed by atoms with Crippen LogP contribution in [0.2, 0.25) is 5.02 Å². The third-order valence-corrected chi connectivity index (χ3v) is 4.58. The lowest BCUT2D eigenvalue weighted by molar-refractivity contribution is -0.384. The maximum atomic E-state index is 12.3.